The molecule has 0 bridgehead atoms. The van der Waals surface area contributed by atoms with E-state index in [-0.39, 0.29) is 59.6 Å². The first-order valence-corrected chi connectivity index (χ1v) is 16.5. The fourth-order valence-electron chi connectivity index (χ4n) is 8.45. The number of phenolic OH excluding ortho intramolecular Hbond substituents is 2. The van der Waals surface area contributed by atoms with Crippen LogP contribution < -0.4 is 14.4 Å². The number of nitrogens with zero attached hydrogens (tertiary/aromatic N) is 2. The summed E-state index contributed by atoms with van der Waals surface area (Å²) in [6.45, 7) is 2.05. The molecule has 4 aliphatic rings. The molecule has 1 saturated carbocycles. The predicted molar refractivity (Wildman–Crippen MR) is 181 cm³/mol. The Morgan fingerprint density at radius 2 is 1.55 bits per heavy atom. The number of allylic oxidation sites excluding steroid dienone is 3. The summed E-state index contributed by atoms with van der Waals surface area (Å²) in [4.78, 5) is 59.2. The average molecular weight is 663 g/mol. The summed E-state index contributed by atoms with van der Waals surface area (Å²) in [7, 11) is 2.88. The number of para-hydroxylation sites is 1. The van der Waals surface area contributed by atoms with E-state index in [4.69, 9.17) is 9.47 Å². The SMILES string of the molecule is COc1cc(C=C[C@H]2C3=CC[C@@H]4C(=O)N(CCc5ccc(O)cc5)C(=O)[C@@H]4[C@@H]3C[C@H]3C(=O)N(c4ccccc4)C(=O)[C@@]23C)cc(OC)c1O. The number of fused-ring (bicyclic) bond motifs is 4. The number of carbonyl (C=O) groups excluding carboxylic acids is 4. The lowest BCUT2D eigenvalue weighted by atomic mass is 9.52. The molecule has 3 fully saturated rings. The Bertz CT molecular complexity index is 1880. The molecule has 4 amide bonds. The van der Waals surface area contributed by atoms with Gasteiger partial charge in [0.1, 0.15) is 5.75 Å². The molecule has 0 aromatic heterocycles. The molecule has 3 aromatic rings. The lowest BCUT2D eigenvalue weighted by Crippen LogP contribution is -2.49. The number of hydrogen-bond donors (Lipinski definition) is 2. The van der Waals surface area contributed by atoms with Gasteiger partial charge in [0.05, 0.1) is 43.1 Å². The van der Waals surface area contributed by atoms with Crippen molar-refractivity contribution in [2.24, 2.45) is 35.0 Å². The number of likely N-dealkylation sites (tertiary alicyclic amines) is 1. The number of imide groups is 2. The highest BCUT2D eigenvalue weighted by Crippen LogP contribution is 2.61. The van der Waals surface area contributed by atoms with Gasteiger partial charge in [0.2, 0.25) is 29.4 Å². The van der Waals surface area contributed by atoms with E-state index in [1.54, 1.807) is 60.7 Å². The molecule has 2 heterocycles. The van der Waals surface area contributed by atoms with E-state index in [1.165, 1.54) is 24.0 Å². The molecule has 3 aromatic carbocycles. The molecular weight excluding hydrogens is 624 g/mol. The first-order valence-electron chi connectivity index (χ1n) is 16.5. The molecule has 49 heavy (non-hydrogen) atoms. The zero-order chi connectivity index (χ0) is 34.6. The van der Waals surface area contributed by atoms with Gasteiger partial charge in [0.25, 0.3) is 0 Å². The van der Waals surface area contributed by atoms with Gasteiger partial charge in [-0.3, -0.25) is 24.1 Å². The molecule has 2 aliphatic heterocycles. The van der Waals surface area contributed by atoms with Crippen molar-refractivity contribution < 1.29 is 38.9 Å². The molecular formula is C39H38N2O8. The molecule has 252 valence electrons. The Hall–Kier alpha value is -5.38. The van der Waals surface area contributed by atoms with Crippen LogP contribution in [0.3, 0.4) is 0 Å². The molecule has 2 aliphatic carbocycles. The Balaban J connectivity index is 1.27. The minimum atomic E-state index is -1.16. The van der Waals surface area contributed by atoms with Crippen LogP contribution in [-0.4, -0.2) is 59.5 Å². The third-order valence-corrected chi connectivity index (χ3v) is 11.0. The summed E-state index contributed by atoms with van der Waals surface area (Å²) in [5.41, 5.74) is 1.75. The topological polar surface area (TPSA) is 134 Å². The highest BCUT2D eigenvalue weighted by molar-refractivity contribution is 6.24. The minimum absolute atomic E-state index is 0.137. The molecule has 2 N–H and O–H groups in total. The van der Waals surface area contributed by atoms with Crippen LogP contribution in [0, 0.1) is 35.0 Å². The van der Waals surface area contributed by atoms with E-state index in [0.29, 0.717) is 24.1 Å². The zero-order valence-corrected chi connectivity index (χ0v) is 27.5. The quantitative estimate of drug-likeness (QED) is 0.251. The van der Waals surface area contributed by atoms with E-state index in [9.17, 15) is 29.4 Å². The van der Waals surface area contributed by atoms with Gasteiger partial charge < -0.3 is 19.7 Å². The van der Waals surface area contributed by atoms with Crippen LogP contribution in [0.5, 0.6) is 23.0 Å². The molecule has 7 rings (SSSR count). The number of carbonyl (C=O) groups is 4. The highest BCUT2D eigenvalue weighted by Gasteiger charge is 2.66. The van der Waals surface area contributed by atoms with Crippen molar-refractivity contribution in [3.63, 3.8) is 0 Å². The molecule has 0 unspecified atom stereocenters. The maximum absolute atomic E-state index is 14.5. The van der Waals surface area contributed by atoms with E-state index < -0.39 is 35.0 Å². The van der Waals surface area contributed by atoms with E-state index in [2.05, 4.69) is 0 Å². The minimum Gasteiger partial charge on any atom is -0.508 e. The molecule has 2 saturated heterocycles. The van der Waals surface area contributed by atoms with Crippen molar-refractivity contribution in [1.82, 2.24) is 4.90 Å². The van der Waals surface area contributed by atoms with Crippen LogP contribution in [0.25, 0.3) is 6.08 Å². The van der Waals surface area contributed by atoms with Crippen LogP contribution in [0.15, 0.2) is 84.5 Å². The predicted octanol–water partition coefficient (Wildman–Crippen LogP) is 5.13. The summed E-state index contributed by atoms with van der Waals surface area (Å²) in [5, 5.41) is 20.1. The van der Waals surface area contributed by atoms with Gasteiger partial charge in [-0.25, -0.2) is 4.90 Å². The fraction of sp³-hybridized carbons (Fsp3) is 0.333. The second-order valence-corrected chi connectivity index (χ2v) is 13.4. The third-order valence-electron chi connectivity index (χ3n) is 11.0. The van der Waals surface area contributed by atoms with Gasteiger partial charge >= 0.3 is 0 Å². The second kappa shape index (κ2) is 12.3. The number of anilines is 1. The van der Waals surface area contributed by atoms with E-state index in [1.807, 2.05) is 31.2 Å². The van der Waals surface area contributed by atoms with Crippen molar-refractivity contribution >= 4 is 35.4 Å². The maximum Gasteiger partial charge on any atom is 0.241 e. The van der Waals surface area contributed by atoms with Crippen LogP contribution in [-0.2, 0) is 25.6 Å². The lowest BCUT2D eigenvalue weighted by molar-refractivity contribution is -0.140. The number of aromatic hydroxyl groups is 2. The van der Waals surface area contributed by atoms with Crippen molar-refractivity contribution in [2.75, 3.05) is 25.7 Å². The van der Waals surface area contributed by atoms with Crippen molar-refractivity contribution in [3.05, 3.63) is 95.6 Å². The number of benzene rings is 3. The van der Waals surface area contributed by atoms with Crippen LogP contribution in [0.4, 0.5) is 5.69 Å². The lowest BCUT2D eigenvalue weighted by Gasteiger charge is -2.47. The zero-order valence-electron chi connectivity index (χ0n) is 27.5. The van der Waals surface area contributed by atoms with Crippen LogP contribution in [0.1, 0.15) is 30.9 Å². The fourth-order valence-corrected chi connectivity index (χ4v) is 8.45. The van der Waals surface area contributed by atoms with Crippen LogP contribution >= 0.6 is 0 Å². The Morgan fingerprint density at radius 1 is 0.878 bits per heavy atom. The number of rotatable bonds is 8. The van der Waals surface area contributed by atoms with E-state index in [0.717, 1.165) is 11.1 Å². The van der Waals surface area contributed by atoms with Gasteiger partial charge in [0, 0.05) is 12.5 Å². The van der Waals surface area contributed by atoms with Crippen LogP contribution in [0.2, 0.25) is 0 Å². The third kappa shape index (κ3) is 5.08. The standard InChI is InChI=1S/C39H38N2O8/c1-39-29(16-11-23-19-31(48-2)34(43)32(20-23)49-3)26-14-15-27-33(37(46)40(35(27)44)18-17-22-9-12-25(42)13-10-22)28(26)21-30(39)36(45)41(38(39)47)24-7-5-4-6-8-24/h4-14,16,19-20,27-30,33,42-43H,15,17-18,21H2,1-3H3/t27-,28+,29-,30-,33-,39-/m0/s1. The molecule has 0 radical (unpaired) electrons. The smallest absolute Gasteiger partial charge is 0.241 e. The van der Waals surface area contributed by atoms with E-state index >= 15 is 0 Å². The van der Waals surface area contributed by atoms with Crippen molar-refractivity contribution in [2.45, 2.75) is 26.2 Å². The summed E-state index contributed by atoms with van der Waals surface area (Å²) in [5.74, 6) is -3.55. The largest absolute Gasteiger partial charge is 0.508 e. The summed E-state index contributed by atoms with van der Waals surface area (Å²) >= 11 is 0. The molecule has 10 heteroatoms. The number of phenols is 2. The number of methoxy groups -OCH3 is 2. The number of amides is 4. The molecule has 6 atom stereocenters. The Labute approximate surface area is 284 Å². The van der Waals surface area contributed by atoms with Crippen molar-refractivity contribution in [1.29, 1.82) is 0 Å². The number of ether oxygens (including phenoxy) is 2. The van der Waals surface area contributed by atoms with Gasteiger partial charge in [-0.1, -0.05) is 54.1 Å². The normalized spacial score (nSPS) is 27.7. The van der Waals surface area contributed by atoms with Gasteiger partial charge in [0.15, 0.2) is 11.5 Å². The maximum atomic E-state index is 14.5. The summed E-state index contributed by atoms with van der Waals surface area (Å²) in [6, 6.07) is 18.9. The Morgan fingerprint density at radius 3 is 2.20 bits per heavy atom. The average Bonchev–Trinajstić information content (AvgIpc) is 3.47. The first-order chi connectivity index (χ1) is 23.6. The highest BCUT2D eigenvalue weighted by atomic mass is 16.5. The van der Waals surface area contributed by atoms with Gasteiger partial charge in [-0.05, 0) is 79.6 Å². The first kappa shape index (κ1) is 32.2. The second-order valence-electron chi connectivity index (χ2n) is 13.4. The van der Waals surface area contributed by atoms with Crippen molar-refractivity contribution in [3.8, 4) is 23.0 Å². The molecule has 0 spiro atoms. The summed E-state index contributed by atoms with van der Waals surface area (Å²) in [6.07, 6.45) is 6.81. The Kier molecular flexibility index (Phi) is 8.05. The number of hydrogen-bond acceptors (Lipinski definition) is 8. The van der Waals surface area contributed by atoms with Gasteiger partial charge in [-0.2, -0.15) is 0 Å². The monoisotopic (exact) mass is 662 g/mol. The molecule has 10 nitrogen and oxygen atoms in total. The summed E-state index contributed by atoms with van der Waals surface area (Å²) < 4.78 is 10.7. The van der Waals surface area contributed by atoms with Gasteiger partial charge in [-0.15, -0.1) is 0 Å².